The fourth-order valence-corrected chi connectivity index (χ4v) is 11.8. The molecule has 9 aromatic rings. The molecule has 1 unspecified atom stereocenters. The minimum Gasteiger partial charge on any atom is -0.310 e. The van der Waals surface area contributed by atoms with Gasteiger partial charge in [-0.1, -0.05) is 183 Å². The first-order chi connectivity index (χ1) is 28.5. The van der Waals surface area contributed by atoms with Crippen molar-refractivity contribution < 1.29 is 0 Å². The Balaban J connectivity index is 1.16. The summed E-state index contributed by atoms with van der Waals surface area (Å²) in [5.41, 5.74) is 18.6. The van der Waals surface area contributed by atoms with E-state index in [1.165, 1.54) is 93.0 Å². The maximum Gasteiger partial charge on any atom is 0.0742 e. The van der Waals surface area contributed by atoms with Gasteiger partial charge in [-0.15, -0.1) is 0 Å². The lowest BCUT2D eigenvalue weighted by Gasteiger charge is -2.40. The van der Waals surface area contributed by atoms with Crippen LogP contribution in [0, 0.1) is 0 Å². The smallest absolute Gasteiger partial charge is 0.0742 e. The highest BCUT2D eigenvalue weighted by atomic mass is 32.2. The molecule has 3 aliphatic rings. The molecule has 1 aliphatic heterocycles. The average Bonchev–Trinajstić information content (AvgIpc) is 3.70. The lowest BCUT2D eigenvalue weighted by atomic mass is 9.66. The lowest BCUT2D eigenvalue weighted by molar-refractivity contribution is 0.660. The first-order valence-corrected chi connectivity index (χ1v) is 21.1. The lowest BCUT2D eigenvalue weighted by Crippen LogP contribution is -2.32. The van der Waals surface area contributed by atoms with Gasteiger partial charge >= 0.3 is 0 Å². The van der Waals surface area contributed by atoms with Crippen LogP contribution in [0.3, 0.4) is 0 Å². The first kappa shape index (κ1) is 33.5. The number of hydrogen-bond donors (Lipinski definition) is 0. The fourth-order valence-electron chi connectivity index (χ4n) is 10.6. The molecule has 0 aromatic heterocycles. The quantitative estimate of drug-likeness (QED) is 0.176. The van der Waals surface area contributed by atoms with Crippen LogP contribution in [-0.4, -0.2) is 0 Å². The number of nitrogens with zero attached hydrogens (tertiary/aromatic N) is 1. The normalized spacial score (nSPS) is 16.2. The van der Waals surface area contributed by atoms with Gasteiger partial charge in [-0.2, -0.15) is 0 Å². The molecule has 0 N–H and O–H groups in total. The summed E-state index contributed by atoms with van der Waals surface area (Å²) < 4.78 is 0. The zero-order valence-corrected chi connectivity index (χ0v) is 33.2. The predicted molar refractivity (Wildman–Crippen MR) is 243 cm³/mol. The Morgan fingerprint density at radius 1 is 0.414 bits per heavy atom. The highest BCUT2D eigenvalue weighted by Gasteiger charge is 2.52. The maximum absolute atomic E-state index is 2.52. The molecule has 1 atom stereocenters. The van der Waals surface area contributed by atoms with Gasteiger partial charge in [-0.25, -0.2) is 0 Å². The van der Waals surface area contributed by atoms with E-state index in [-0.39, 0.29) is 5.41 Å². The first-order valence-electron chi connectivity index (χ1n) is 20.3. The standard InChI is InChI=1S/C56H39NS/c1-55(2)45-21-10-8-19-42(45)43-33-32-40(35-49(43)55)57(39-30-27-37(28-31-39)36-15-4-3-5-16-36)50-25-14-24-48-53(50)44-20-9-11-22-46(44)56(48)47-23-12-13-26-51(47)58-52-34-29-38-17-6-7-18-41(38)54(52)56/h3-35H,1-2H3. The van der Waals surface area contributed by atoms with Crippen LogP contribution in [-0.2, 0) is 10.8 Å². The molecule has 12 rings (SSSR count). The van der Waals surface area contributed by atoms with Crippen molar-refractivity contribution >= 4 is 39.6 Å². The molecule has 0 amide bonds. The monoisotopic (exact) mass is 757 g/mol. The molecule has 58 heavy (non-hydrogen) atoms. The van der Waals surface area contributed by atoms with Gasteiger partial charge < -0.3 is 4.90 Å². The summed E-state index contributed by atoms with van der Waals surface area (Å²) >= 11 is 1.91. The average molecular weight is 758 g/mol. The molecule has 1 nitrogen and oxygen atoms in total. The Bertz CT molecular complexity index is 3120. The zero-order valence-electron chi connectivity index (χ0n) is 32.4. The number of anilines is 3. The molecule has 0 radical (unpaired) electrons. The molecule has 0 fully saturated rings. The topological polar surface area (TPSA) is 3.24 Å². The minimum atomic E-state index is -0.510. The van der Waals surface area contributed by atoms with E-state index >= 15 is 0 Å². The summed E-state index contributed by atoms with van der Waals surface area (Å²) in [7, 11) is 0. The molecular weight excluding hydrogens is 719 g/mol. The Morgan fingerprint density at radius 3 is 1.90 bits per heavy atom. The van der Waals surface area contributed by atoms with Crippen LogP contribution < -0.4 is 4.90 Å². The summed E-state index contributed by atoms with van der Waals surface area (Å²) in [6.45, 7) is 4.75. The third-order valence-corrected chi connectivity index (χ3v) is 14.3. The van der Waals surface area contributed by atoms with Gasteiger partial charge in [0.25, 0.3) is 0 Å². The van der Waals surface area contributed by atoms with E-state index in [9.17, 15) is 0 Å². The van der Waals surface area contributed by atoms with Crippen LogP contribution >= 0.6 is 11.8 Å². The largest absolute Gasteiger partial charge is 0.310 e. The number of fused-ring (bicyclic) bond motifs is 14. The van der Waals surface area contributed by atoms with Crippen molar-refractivity contribution in [3.63, 3.8) is 0 Å². The van der Waals surface area contributed by atoms with Gasteiger partial charge in [0, 0.05) is 32.1 Å². The second-order valence-corrected chi connectivity index (χ2v) is 17.5. The highest BCUT2D eigenvalue weighted by molar-refractivity contribution is 7.99. The van der Waals surface area contributed by atoms with Crippen molar-refractivity contribution in [1.82, 2.24) is 0 Å². The van der Waals surface area contributed by atoms with Crippen molar-refractivity contribution in [2.45, 2.75) is 34.5 Å². The van der Waals surface area contributed by atoms with Gasteiger partial charge in [0.2, 0.25) is 0 Å². The van der Waals surface area contributed by atoms with Crippen LogP contribution in [0.5, 0.6) is 0 Å². The van der Waals surface area contributed by atoms with Crippen molar-refractivity contribution in [3.05, 3.63) is 234 Å². The SMILES string of the molecule is CC1(C)c2ccccc2-c2ccc(N(c3ccc(-c4ccccc4)cc3)c3cccc4c3-c3ccccc3C43c4ccccc4Sc4ccc5ccccc5c43)cc21. The summed E-state index contributed by atoms with van der Waals surface area (Å²) in [6, 6.07) is 75.0. The van der Waals surface area contributed by atoms with Crippen molar-refractivity contribution in [3.8, 4) is 33.4 Å². The summed E-state index contributed by atoms with van der Waals surface area (Å²) in [4.78, 5) is 5.15. The van der Waals surface area contributed by atoms with Crippen LogP contribution in [0.15, 0.2) is 210 Å². The predicted octanol–water partition coefficient (Wildman–Crippen LogP) is 15.1. The third-order valence-electron chi connectivity index (χ3n) is 13.1. The maximum atomic E-state index is 2.52. The summed E-state index contributed by atoms with van der Waals surface area (Å²) in [5, 5.41) is 2.58. The Kier molecular flexibility index (Phi) is 7.19. The summed E-state index contributed by atoms with van der Waals surface area (Å²) in [6.07, 6.45) is 0. The van der Waals surface area contributed by atoms with E-state index in [4.69, 9.17) is 0 Å². The molecule has 274 valence electrons. The van der Waals surface area contributed by atoms with Gasteiger partial charge in [0.1, 0.15) is 0 Å². The molecule has 2 aliphatic carbocycles. The van der Waals surface area contributed by atoms with Crippen molar-refractivity contribution in [1.29, 1.82) is 0 Å². The number of benzene rings is 9. The summed E-state index contributed by atoms with van der Waals surface area (Å²) in [5.74, 6) is 0. The van der Waals surface area contributed by atoms with Gasteiger partial charge in [-0.3, -0.25) is 0 Å². The molecule has 1 spiro atoms. The van der Waals surface area contributed by atoms with E-state index in [1.807, 2.05) is 11.8 Å². The second-order valence-electron chi connectivity index (χ2n) is 16.4. The van der Waals surface area contributed by atoms with Crippen molar-refractivity contribution in [2.24, 2.45) is 0 Å². The molecule has 2 heteroatoms. The Morgan fingerprint density at radius 2 is 1.05 bits per heavy atom. The number of rotatable bonds is 4. The molecule has 0 bridgehead atoms. The fraction of sp³-hybridized carbons (Fsp3) is 0.0714. The van der Waals surface area contributed by atoms with E-state index in [0.29, 0.717) is 0 Å². The van der Waals surface area contributed by atoms with Gasteiger partial charge in [0.05, 0.1) is 11.1 Å². The van der Waals surface area contributed by atoms with Crippen LogP contribution in [0.25, 0.3) is 44.2 Å². The van der Waals surface area contributed by atoms with Gasteiger partial charge in [0.15, 0.2) is 0 Å². The van der Waals surface area contributed by atoms with Crippen molar-refractivity contribution in [2.75, 3.05) is 4.90 Å². The van der Waals surface area contributed by atoms with Crippen LogP contribution in [0.2, 0.25) is 0 Å². The molecule has 1 heterocycles. The molecule has 0 saturated carbocycles. The second kappa shape index (κ2) is 12.4. The Hall–Kier alpha value is -6.61. The van der Waals surface area contributed by atoms with Gasteiger partial charge in [-0.05, 0) is 114 Å². The molecule has 0 saturated heterocycles. The van der Waals surface area contributed by atoms with E-state index in [2.05, 4.69) is 219 Å². The number of hydrogen-bond acceptors (Lipinski definition) is 2. The van der Waals surface area contributed by atoms with E-state index in [1.54, 1.807) is 0 Å². The minimum absolute atomic E-state index is 0.131. The third kappa shape index (κ3) is 4.55. The zero-order chi connectivity index (χ0) is 38.6. The van der Waals surface area contributed by atoms with E-state index < -0.39 is 5.41 Å². The highest BCUT2D eigenvalue weighted by Crippen LogP contribution is 2.65. The molecule has 9 aromatic carbocycles. The molecular formula is C56H39NS. The van der Waals surface area contributed by atoms with Crippen LogP contribution in [0.4, 0.5) is 17.1 Å². The van der Waals surface area contributed by atoms with Crippen LogP contribution in [0.1, 0.15) is 47.2 Å². The van der Waals surface area contributed by atoms with E-state index in [0.717, 1.165) is 11.4 Å². The Labute approximate surface area is 344 Å².